The molecule has 0 unspecified atom stereocenters. The van der Waals surface area contributed by atoms with Gasteiger partial charge in [-0.15, -0.1) is 12.6 Å². The zero-order valence-electron chi connectivity index (χ0n) is 8.66. The zero-order valence-corrected chi connectivity index (χ0v) is 10.3. The highest BCUT2D eigenvalue weighted by molar-refractivity contribution is 7.96. The predicted octanol–water partition coefficient (Wildman–Crippen LogP) is 3.26. The number of hydrogen-bond donors (Lipinski definition) is 1. The Balaban J connectivity index is 2.84. The summed E-state index contributed by atoms with van der Waals surface area (Å²) in [5, 5.41) is 0.400. The normalized spacial score (nSPS) is 12.3. The largest absolute Gasteiger partial charge is 0.481 e. The SMILES string of the molecule is CC[C@H](Oc1ccc(Cl)cc1C)C(=O)S. The minimum Gasteiger partial charge on any atom is -0.481 e. The van der Waals surface area contributed by atoms with Gasteiger partial charge in [0.15, 0.2) is 6.10 Å². The van der Waals surface area contributed by atoms with Crippen LogP contribution in [0.25, 0.3) is 0 Å². The molecule has 0 bridgehead atoms. The van der Waals surface area contributed by atoms with Crippen molar-refractivity contribution in [2.45, 2.75) is 26.4 Å². The highest BCUT2D eigenvalue weighted by atomic mass is 35.5. The molecule has 1 aromatic rings. The first-order valence-electron chi connectivity index (χ1n) is 4.70. The molecule has 0 N–H and O–H groups in total. The van der Waals surface area contributed by atoms with E-state index in [-0.39, 0.29) is 5.12 Å². The molecule has 1 atom stereocenters. The summed E-state index contributed by atoms with van der Waals surface area (Å²) in [7, 11) is 0. The van der Waals surface area contributed by atoms with Gasteiger partial charge in [-0.1, -0.05) is 18.5 Å². The summed E-state index contributed by atoms with van der Waals surface area (Å²) in [4.78, 5) is 11.1. The summed E-state index contributed by atoms with van der Waals surface area (Å²) in [6.45, 7) is 3.76. The van der Waals surface area contributed by atoms with Crippen LogP contribution in [0.5, 0.6) is 5.75 Å². The molecule has 0 saturated carbocycles. The van der Waals surface area contributed by atoms with Crippen molar-refractivity contribution in [3.05, 3.63) is 28.8 Å². The molecule has 15 heavy (non-hydrogen) atoms. The number of thiol groups is 1. The molecular weight excluding hydrogens is 232 g/mol. The molecule has 0 aliphatic carbocycles. The number of benzene rings is 1. The van der Waals surface area contributed by atoms with Gasteiger partial charge in [0.25, 0.3) is 0 Å². The average Bonchev–Trinajstić information content (AvgIpc) is 2.16. The smallest absolute Gasteiger partial charge is 0.226 e. The first kappa shape index (κ1) is 12.4. The molecule has 0 fully saturated rings. The molecule has 0 radical (unpaired) electrons. The third-order valence-corrected chi connectivity index (χ3v) is 2.58. The van der Waals surface area contributed by atoms with Gasteiger partial charge < -0.3 is 4.74 Å². The maximum atomic E-state index is 11.1. The van der Waals surface area contributed by atoms with E-state index in [1.165, 1.54) is 0 Å². The van der Waals surface area contributed by atoms with E-state index in [0.29, 0.717) is 17.2 Å². The molecule has 0 saturated heterocycles. The summed E-state index contributed by atoms with van der Waals surface area (Å²) in [6.07, 6.45) is 0.109. The van der Waals surface area contributed by atoms with Crippen LogP contribution in [-0.4, -0.2) is 11.2 Å². The van der Waals surface area contributed by atoms with Crippen molar-refractivity contribution in [3.8, 4) is 5.75 Å². The van der Waals surface area contributed by atoms with Gasteiger partial charge in [0.1, 0.15) is 5.75 Å². The predicted molar refractivity (Wildman–Crippen MR) is 64.9 cm³/mol. The molecule has 4 heteroatoms. The van der Waals surface area contributed by atoms with Crippen LogP contribution in [-0.2, 0) is 4.79 Å². The lowest BCUT2D eigenvalue weighted by atomic mass is 10.2. The van der Waals surface area contributed by atoms with Crippen LogP contribution in [0.1, 0.15) is 18.9 Å². The second-order valence-electron chi connectivity index (χ2n) is 3.26. The van der Waals surface area contributed by atoms with E-state index >= 15 is 0 Å². The van der Waals surface area contributed by atoms with Crippen LogP contribution in [0.3, 0.4) is 0 Å². The van der Waals surface area contributed by atoms with E-state index in [1.54, 1.807) is 18.2 Å². The van der Waals surface area contributed by atoms with E-state index in [0.717, 1.165) is 5.56 Å². The highest BCUT2D eigenvalue weighted by Crippen LogP contribution is 2.23. The molecule has 0 aliphatic rings. The quantitative estimate of drug-likeness (QED) is 0.823. The molecule has 82 valence electrons. The van der Waals surface area contributed by atoms with Gasteiger partial charge >= 0.3 is 0 Å². The fourth-order valence-corrected chi connectivity index (χ4v) is 1.67. The molecule has 0 heterocycles. The van der Waals surface area contributed by atoms with Gasteiger partial charge in [-0.3, -0.25) is 4.79 Å². The lowest BCUT2D eigenvalue weighted by Crippen LogP contribution is -2.22. The van der Waals surface area contributed by atoms with Crippen molar-refractivity contribution < 1.29 is 9.53 Å². The fourth-order valence-electron chi connectivity index (χ4n) is 1.21. The highest BCUT2D eigenvalue weighted by Gasteiger charge is 2.15. The van der Waals surface area contributed by atoms with Crippen LogP contribution in [0, 0.1) is 6.92 Å². The minimum absolute atomic E-state index is 0.258. The van der Waals surface area contributed by atoms with Gasteiger partial charge in [-0.2, -0.15) is 0 Å². The van der Waals surface area contributed by atoms with Crippen molar-refractivity contribution in [1.82, 2.24) is 0 Å². The Kier molecular flexibility index (Phi) is 4.48. The van der Waals surface area contributed by atoms with E-state index in [9.17, 15) is 4.79 Å². The molecule has 1 aromatic carbocycles. The Morgan fingerprint density at radius 2 is 2.27 bits per heavy atom. The van der Waals surface area contributed by atoms with Crippen molar-refractivity contribution in [1.29, 1.82) is 0 Å². The van der Waals surface area contributed by atoms with Gasteiger partial charge in [0.2, 0.25) is 5.12 Å². The number of carbonyl (C=O) groups is 1. The molecule has 2 nitrogen and oxygen atoms in total. The Morgan fingerprint density at radius 3 is 2.73 bits per heavy atom. The molecule has 0 amide bonds. The summed E-state index contributed by atoms with van der Waals surface area (Å²) < 4.78 is 5.53. The number of halogens is 1. The molecular formula is C11H13ClO2S. The fraction of sp³-hybridized carbons (Fsp3) is 0.364. The van der Waals surface area contributed by atoms with Gasteiger partial charge in [0.05, 0.1) is 0 Å². The first-order chi connectivity index (χ1) is 7.04. The van der Waals surface area contributed by atoms with Crippen LogP contribution in [0.4, 0.5) is 0 Å². The second-order valence-corrected chi connectivity index (χ2v) is 4.14. The third-order valence-electron chi connectivity index (χ3n) is 2.05. The lowest BCUT2D eigenvalue weighted by Gasteiger charge is -2.15. The zero-order chi connectivity index (χ0) is 11.4. The summed E-state index contributed by atoms with van der Waals surface area (Å²) in [6, 6.07) is 5.29. The summed E-state index contributed by atoms with van der Waals surface area (Å²) >= 11 is 9.58. The standard InChI is InChI=1S/C11H13ClO2S/c1-3-9(11(13)15)14-10-5-4-8(12)6-7(10)2/h4-6,9H,3H2,1-2H3,(H,13,15)/t9-/m0/s1. The summed E-state index contributed by atoms with van der Waals surface area (Å²) in [5.74, 6) is 0.675. The van der Waals surface area contributed by atoms with Crippen molar-refractivity contribution in [2.24, 2.45) is 0 Å². The van der Waals surface area contributed by atoms with Crippen LogP contribution < -0.4 is 4.74 Å². The molecule has 1 rings (SSSR count). The van der Waals surface area contributed by atoms with Crippen LogP contribution in [0.2, 0.25) is 5.02 Å². The number of rotatable bonds is 4. The van der Waals surface area contributed by atoms with Gasteiger partial charge in [0, 0.05) is 5.02 Å². The number of ether oxygens (including phenoxy) is 1. The molecule has 0 spiro atoms. The third kappa shape index (κ3) is 3.43. The molecule has 0 aliphatic heterocycles. The Hall–Kier alpha value is -0.670. The van der Waals surface area contributed by atoms with Crippen molar-refractivity contribution in [2.75, 3.05) is 0 Å². The minimum atomic E-state index is -0.492. The maximum Gasteiger partial charge on any atom is 0.226 e. The van der Waals surface area contributed by atoms with Crippen molar-refractivity contribution in [3.63, 3.8) is 0 Å². The van der Waals surface area contributed by atoms with Crippen LogP contribution in [0.15, 0.2) is 18.2 Å². The first-order valence-corrected chi connectivity index (χ1v) is 5.52. The number of aryl methyl sites for hydroxylation is 1. The van der Waals surface area contributed by atoms with E-state index in [4.69, 9.17) is 16.3 Å². The van der Waals surface area contributed by atoms with E-state index < -0.39 is 6.10 Å². The lowest BCUT2D eigenvalue weighted by molar-refractivity contribution is -0.117. The number of hydrogen-bond acceptors (Lipinski definition) is 2. The Bertz CT molecular complexity index is 366. The second kappa shape index (κ2) is 5.42. The van der Waals surface area contributed by atoms with E-state index in [1.807, 2.05) is 13.8 Å². The van der Waals surface area contributed by atoms with Crippen molar-refractivity contribution >= 4 is 29.3 Å². The Morgan fingerprint density at radius 1 is 1.60 bits per heavy atom. The van der Waals surface area contributed by atoms with Crippen LogP contribution >= 0.6 is 24.2 Å². The maximum absolute atomic E-state index is 11.1. The van der Waals surface area contributed by atoms with Gasteiger partial charge in [-0.05, 0) is 37.1 Å². The topological polar surface area (TPSA) is 26.3 Å². The molecule has 0 aromatic heterocycles. The monoisotopic (exact) mass is 244 g/mol. The Labute approximate surface area is 100.0 Å². The number of carbonyl (C=O) groups excluding carboxylic acids is 1. The average molecular weight is 245 g/mol. The van der Waals surface area contributed by atoms with E-state index in [2.05, 4.69) is 12.6 Å². The van der Waals surface area contributed by atoms with Gasteiger partial charge in [-0.25, -0.2) is 0 Å². The summed E-state index contributed by atoms with van der Waals surface area (Å²) in [5.41, 5.74) is 0.913.